The Kier molecular flexibility index (Phi) is 3.43. The zero-order valence-corrected chi connectivity index (χ0v) is 11.1. The van der Waals surface area contributed by atoms with Crippen LogP contribution in [-0.2, 0) is 11.2 Å². The predicted molar refractivity (Wildman–Crippen MR) is 67.2 cm³/mol. The van der Waals surface area contributed by atoms with Gasteiger partial charge in [0.15, 0.2) is 0 Å². The zero-order valence-electron chi connectivity index (χ0n) is 9.50. The molecule has 16 heavy (non-hydrogen) atoms. The predicted octanol–water partition coefficient (Wildman–Crippen LogP) is 3.54. The third-order valence-corrected chi connectivity index (χ3v) is 3.94. The first-order valence-electron chi connectivity index (χ1n) is 5.73. The third kappa shape index (κ3) is 2.51. The smallest absolute Gasteiger partial charge is 0.143 e. The van der Waals surface area contributed by atoms with Crippen LogP contribution in [0.15, 0.2) is 22.9 Å². The van der Waals surface area contributed by atoms with Gasteiger partial charge in [-0.05, 0) is 40.4 Å². The Labute approximate surface area is 105 Å². The van der Waals surface area contributed by atoms with Crippen molar-refractivity contribution in [3.8, 4) is 0 Å². The standard InChI is InChI=1S/C13H16BrNO/c1-13(4-2-3-5-13)12(16)7-10-6-11(14)9-15-8-10/h6,8-9H,2-5,7H2,1H3. The fourth-order valence-corrected chi connectivity index (χ4v) is 2.80. The Morgan fingerprint density at radius 3 is 2.75 bits per heavy atom. The maximum absolute atomic E-state index is 12.2. The van der Waals surface area contributed by atoms with Gasteiger partial charge in [0, 0.05) is 28.7 Å². The number of pyridine rings is 1. The molecular weight excluding hydrogens is 266 g/mol. The van der Waals surface area contributed by atoms with Gasteiger partial charge in [0.1, 0.15) is 5.78 Å². The van der Waals surface area contributed by atoms with E-state index in [1.54, 1.807) is 12.4 Å². The van der Waals surface area contributed by atoms with E-state index in [0.29, 0.717) is 12.2 Å². The highest BCUT2D eigenvalue weighted by molar-refractivity contribution is 9.10. The van der Waals surface area contributed by atoms with Crippen LogP contribution in [0.3, 0.4) is 0 Å². The van der Waals surface area contributed by atoms with Crippen LogP contribution in [0.25, 0.3) is 0 Å². The SMILES string of the molecule is CC1(C(=O)Cc2cncc(Br)c2)CCCC1. The molecule has 1 aromatic rings. The van der Waals surface area contributed by atoms with Crippen molar-refractivity contribution in [3.05, 3.63) is 28.5 Å². The maximum Gasteiger partial charge on any atom is 0.143 e. The highest BCUT2D eigenvalue weighted by Crippen LogP contribution is 2.39. The number of carbonyl (C=O) groups is 1. The molecule has 1 aromatic heterocycles. The number of ketones is 1. The molecule has 2 rings (SSSR count). The fourth-order valence-electron chi connectivity index (χ4n) is 2.39. The van der Waals surface area contributed by atoms with Crippen LogP contribution in [0, 0.1) is 5.41 Å². The zero-order chi connectivity index (χ0) is 11.6. The monoisotopic (exact) mass is 281 g/mol. The molecule has 1 aliphatic carbocycles. The van der Waals surface area contributed by atoms with Crippen molar-refractivity contribution in [3.63, 3.8) is 0 Å². The van der Waals surface area contributed by atoms with E-state index in [2.05, 4.69) is 27.8 Å². The number of hydrogen-bond acceptors (Lipinski definition) is 2. The lowest BCUT2D eigenvalue weighted by Gasteiger charge is -2.21. The van der Waals surface area contributed by atoms with Gasteiger partial charge in [-0.25, -0.2) is 0 Å². The molecule has 0 bridgehead atoms. The number of halogens is 1. The molecule has 1 fully saturated rings. The van der Waals surface area contributed by atoms with Crippen LogP contribution < -0.4 is 0 Å². The van der Waals surface area contributed by atoms with Gasteiger partial charge in [-0.3, -0.25) is 9.78 Å². The van der Waals surface area contributed by atoms with Crippen molar-refractivity contribution < 1.29 is 4.79 Å². The van der Waals surface area contributed by atoms with E-state index in [9.17, 15) is 4.79 Å². The third-order valence-electron chi connectivity index (χ3n) is 3.51. The van der Waals surface area contributed by atoms with Crippen LogP contribution in [0.1, 0.15) is 38.2 Å². The van der Waals surface area contributed by atoms with Crippen LogP contribution >= 0.6 is 15.9 Å². The maximum atomic E-state index is 12.2. The molecular formula is C13H16BrNO. The molecule has 0 spiro atoms. The van der Waals surface area contributed by atoms with Crippen molar-refractivity contribution in [1.29, 1.82) is 0 Å². The number of rotatable bonds is 3. The molecule has 0 atom stereocenters. The summed E-state index contributed by atoms with van der Waals surface area (Å²) >= 11 is 3.38. The lowest BCUT2D eigenvalue weighted by Crippen LogP contribution is -2.26. The first-order valence-corrected chi connectivity index (χ1v) is 6.52. The van der Waals surface area contributed by atoms with Gasteiger partial charge in [0.2, 0.25) is 0 Å². The molecule has 1 heterocycles. The van der Waals surface area contributed by atoms with Crippen molar-refractivity contribution in [2.75, 3.05) is 0 Å². The van der Waals surface area contributed by atoms with Gasteiger partial charge in [-0.1, -0.05) is 19.8 Å². The minimum Gasteiger partial charge on any atom is -0.299 e. The van der Waals surface area contributed by atoms with Crippen molar-refractivity contribution in [1.82, 2.24) is 4.98 Å². The van der Waals surface area contributed by atoms with Gasteiger partial charge < -0.3 is 0 Å². The first kappa shape index (κ1) is 11.8. The number of carbonyl (C=O) groups excluding carboxylic acids is 1. The summed E-state index contributed by atoms with van der Waals surface area (Å²) in [6, 6.07) is 1.98. The second-order valence-corrected chi connectivity index (χ2v) is 5.79. The molecule has 0 aromatic carbocycles. The quantitative estimate of drug-likeness (QED) is 0.848. The molecule has 0 N–H and O–H groups in total. The molecule has 0 unspecified atom stereocenters. The summed E-state index contributed by atoms with van der Waals surface area (Å²) in [5, 5.41) is 0. The van der Waals surface area contributed by atoms with E-state index >= 15 is 0 Å². The van der Waals surface area contributed by atoms with E-state index in [-0.39, 0.29) is 5.41 Å². The molecule has 3 heteroatoms. The van der Waals surface area contributed by atoms with Gasteiger partial charge in [-0.2, -0.15) is 0 Å². The highest BCUT2D eigenvalue weighted by atomic mass is 79.9. The summed E-state index contributed by atoms with van der Waals surface area (Å²) in [4.78, 5) is 16.3. The molecule has 0 aliphatic heterocycles. The van der Waals surface area contributed by atoms with E-state index in [1.165, 1.54) is 12.8 Å². The topological polar surface area (TPSA) is 30.0 Å². The van der Waals surface area contributed by atoms with E-state index in [1.807, 2.05) is 6.07 Å². The molecule has 2 nitrogen and oxygen atoms in total. The average Bonchev–Trinajstić information content (AvgIpc) is 2.66. The molecule has 0 amide bonds. The summed E-state index contributed by atoms with van der Waals surface area (Å²) in [6.07, 6.45) is 8.52. The fraction of sp³-hybridized carbons (Fsp3) is 0.538. The van der Waals surface area contributed by atoms with Crippen LogP contribution in [0.4, 0.5) is 0 Å². The Morgan fingerprint density at radius 2 is 2.12 bits per heavy atom. The minimum absolute atomic E-state index is 0.0810. The van der Waals surface area contributed by atoms with Gasteiger partial charge in [-0.15, -0.1) is 0 Å². The Bertz CT molecular complexity index is 397. The second-order valence-electron chi connectivity index (χ2n) is 4.88. The summed E-state index contributed by atoms with van der Waals surface area (Å²) in [6.45, 7) is 2.10. The van der Waals surface area contributed by atoms with Crippen LogP contribution in [0.5, 0.6) is 0 Å². The molecule has 0 saturated heterocycles. The van der Waals surface area contributed by atoms with Gasteiger partial charge >= 0.3 is 0 Å². The largest absolute Gasteiger partial charge is 0.299 e. The van der Waals surface area contributed by atoms with E-state index in [0.717, 1.165) is 22.9 Å². The number of aromatic nitrogens is 1. The van der Waals surface area contributed by atoms with E-state index < -0.39 is 0 Å². The lowest BCUT2D eigenvalue weighted by molar-refractivity contribution is -0.126. The summed E-state index contributed by atoms with van der Waals surface area (Å²) in [5.41, 5.74) is 0.926. The number of nitrogens with zero attached hydrogens (tertiary/aromatic N) is 1. The average molecular weight is 282 g/mol. The molecule has 1 saturated carbocycles. The molecule has 1 aliphatic rings. The van der Waals surface area contributed by atoms with Crippen molar-refractivity contribution >= 4 is 21.7 Å². The van der Waals surface area contributed by atoms with E-state index in [4.69, 9.17) is 0 Å². The Balaban J connectivity index is 2.07. The Morgan fingerprint density at radius 1 is 1.44 bits per heavy atom. The van der Waals surface area contributed by atoms with Gasteiger partial charge in [0.05, 0.1) is 0 Å². The minimum atomic E-state index is -0.0810. The normalized spacial score (nSPS) is 18.6. The summed E-state index contributed by atoms with van der Waals surface area (Å²) < 4.78 is 0.939. The number of hydrogen-bond donors (Lipinski definition) is 0. The van der Waals surface area contributed by atoms with Gasteiger partial charge in [0.25, 0.3) is 0 Å². The Hall–Kier alpha value is -0.700. The molecule has 86 valence electrons. The first-order chi connectivity index (χ1) is 7.60. The van der Waals surface area contributed by atoms with Crippen LogP contribution in [0.2, 0.25) is 0 Å². The van der Waals surface area contributed by atoms with Crippen molar-refractivity contribution in [2.24, 2.45) is 5.41 Å². The summed E-state index contributed by atoms with van der Waals surface area (Å²) in [5.74, 6) is 0.366. The lowest BCUT2D eigenvalue weighted by atomic mass is 9.81. The summed E-state index contributed by atoms with van der Waals surface area (Å²) in [7, 11) is 0. The number of Topliss-reactive ketones (excluding diaryl/α,β-unsaturated/α-hetero) is 1. The highest BCUT2D eigenvalue weighted by Gasteiger charge is 2.35. The van der Waals surface area contributed by atoms with Crippen LogP contribution in [-0.4, -0.2) is 10.8 Å². The second kappa shape index (κ2) is 4.66. The van der Waals surface area contributed by atoms with Crippen molar-refractivity contribution in [2.45, 2.75) is 39.0 Å². The molecule has 0 radical (unpaired) electrons.